The van der Waals surface area contributed by atoms with Crippen LogP contribution in [0.1, 0.15) is 22.8 Å². The molecule has 0 amide bonds. The number of nitrogens with zero attached hydrogens (tertiary/aromatic N) is 4. The van der Waals surface area contributed by atoms with Gasteiger partial charge in [0.15, 0.2) is 11.8 Å². The van der Waals surface area contributed by atoms with E-state index in [1.165, 1.54) is 12.1 Å². The lowest BCUT2D eigenvalue weighted by molar-refractivity contribution is -0.137. The van der Waals surface area contributed by atoms with Gasteiger partial charge in [0.25, 0.3) is 0 Å². The predicted molar refractivity (Wildman–Crippen MR) is 82.1 cm³/mol. The lowest BCUT2D eigenvalue weighted by Gasteiger charge is -2.21. The van der Waals surface area contributed by atoms with Crippen LogP contribution in [0.5, 0.6) is 0 Å². The number of nitrogens with one attached hydrogen (secondary N) is 1. The summed E-state index contributed by atoms with van der Waals surface area (Å²) in [6.07, 6.45) is -4.33. The number of halogens is 3. The predicted octanol–water partition coefficient (Wildman–Crippen LogP) is 2.60. The van der Waals surface area contributed by atoms with Gasteiger partial charge in [-0.25, -0.2) is 0 Å². The molecule has 0 fully saturated rings. The summed E-state index contributed by atoms with van der Waals surface area (Å²) in [5.74, 6) is 1.53. The molecule has 9 heteroatoms. The molecule has 0 saturated carbocycles. The van der Waals surface area contributed by atoms with Crippen molar-refractivity contribution in [2.45, 2.75) is 26.2 Å². The van der Waals surface area contributed by atoms with E-state index in [-0.39, 0.29) is 0 Å². The van der Waals surface area contributed by atoms with Gasteiger partial charge in [0, 0.05) is 20.6 Å². The first-order chi connectivity index (χ1) is 11.3. The lowest BCUT2D eigenvalue weighted by atomic mass is 10.1. The maximum absolute atomic E-state index is 12.6. The van der Waals surface area contributed by atoms with Gasteiger partial charge in [0.1, 0.15) is 0 Å². The van der Waals surface area contributed by atoms with Crippen LogP contribution in [-0.4, -0.2) is 35.1 Å². The van der Waals surface area contributed by atoms with Crippen LogP contribution in [0.2, 0.25) is 0 Å². The molecular weight excluding hydrogens is 323 g/mol. The summed E-state index contributed by atoms with van der Waals surface area (Å²) in [5.41, 5.74) is 0.0743. The van der Waals surface area contributed by atoms with E-state index in [0.29, 0.717) is 30.8 Å². The minimum absolute atomic E-state index is 0.310. The Morgan fingerprint density at radius 2 is 1.96 bits per heavy atom. The normalized spacial score (nSPS) is 12.3. The molecule has 0 atom stereocenters. The van der Waals surface area contributed by atoms with E-state index in [4.69, 9.17) is 4.52 Å². The Hall–Kier alpha value is -2.58. The molecule has 24 heavy (non-hydrogen) atoms. The van der Waals surface area contributed by atoms with Crippen molar-refractivity contribution in [3.8, 4) is 0 Å². The van der Waals surface area contributed by atoms with E-state index in [1.54, 1.807) is 25.9 Å². The molecule has 2 rings (SSSR count). The highest BCUT2D eigenvalue weighted by molar-refractivity contribution is 5.79. The molecule has 0 radical (unpaired) electrons. The molecule has 1 N–H and O–H groups in total. The van der Waals surface area contributed by atoms with Gasteiger partial charge in [0.2, 0.25) is 5.89 Å². The molecule has 0 saturated heterocycles. The molecule has 0 aliphatic rings. The standard InChI is InChI=1S/C15H18F3N5O/c1-10-21-13(24-22-10)8-20-14(19-2)23(3)9-11-4-6-12(7-5-11)15(16,17)18/h4-7H,8-9H2,1-3H3,(H,19,20). The number of aliphatic imine (C=N–C) groups is 1. The zero-order valence-corrected chi connectivity index (χ0v) is 13.6. The number of benzene rings is 1. The molecule has 2 aromatic rings. The Morgan fingerprint density at radius 3 is 2.46 bits per heavy atom. The molecule has 0 aliphatic heterocycles. The SMILES string of the molecule is CN=C(NCc1nc(C)no1)N(C)Cc1ccc(C(F)(F)F)cc1. The highest BCUT2D eigenvalue weighted by Crippen LogP contribution is 2.29. The summed E-state index contributed by atoms with van der Waals surface area (Å²) in [6.45, 7) is 2.43. The molecule has 0 unspecified atom stereocenters. The van der Waals surface area contributed by atoms with Gasteiger partial charge in [-0.2, -0.15) is 18.2 Å². The Morgan fingerprint density at radius 1 is 1.29 bits per heavy atom. The van der Waals surface area contributed by atoms with Crippen molar-refractivity contribution < 1.29 is 17.7 Å². The van der Waals surface area contributed by atoms with Crippen molar-refractivity contribution in [3.05, 3.63) is 47.1 Å². The molecular formula is C15H18F3N5O. The van der Waals surface area contributed by atoms with Crippen molar-refractivity contribution in [1.82, 2.24) is 20.4 Å². The zero-order valence-electron chi connectivity index (χ0n) is 13.6. The van der Waals surface area contributed by atoms with Crippen LogP contribution < -0.4 is 5.32 Å². The van der Waals surface area contributed by atoms with Gasteiger partial charge in [-0.05, 0) is 24.6 Å². The first-order valence-corrected chi connectivity index (χ1v) is 7.16. The van der Waals surface area contributed by atoms with Crippen LogP contribution in [0.15, 0.2) is 33.8 Å². The van der Waals surface area contributed by atoms with Crippen molar-refractivity contribution in [2.24, 2.45) is 4.99 Å². The van der Waals surface area contributed by atoms with Gasteiger partial charge >= 0.3 is 6.18 Å². The molecule has 1 aromatic heterocycles. The van der Waals surface area contributed by atoms with Gasteiger partial charge in [-0.15, -0.1) is 0 Å². The van der Waals surface area contributed by atoms with E-state index in [9.17, 15) is 13.2 Å². The number of hydrogen-bond donors (Lipinski definition) is 1. The number of alkyl halides is 3. The Bertz CT molecular complexity index is 694. The first kappa shape index (κ1) is 17.8. The maximum atomic E-state index is 12.6. The van der Waals surface area contributed by atoms with Crippen LogP contribution in [0.3, 0.4) is 0 Å². The Kier molecular flexibility index (Phi) is 5.42. The highest BCUT2D eigenvalue weighted by Gasteiger charge is 2.29. The molecule has 0 spiro atoms. The fraction of sp³-hybridized carbons (Fsp3) is 0.400. The number of aryl methyl sites for hydroxylation is 1. The zero-order chi connectivity index (χ0) is 17.7. The highest BCUT2D eigenvalue weighted by atomic mass is 19.4. The summed E-state index contributed by atoms with van der Waals surface area (Å²) in [6, 6.07) is 5.04. The molecule has 0 aliphatic carbocycles. The summed E-state index contributed by atoms with van der Waals surface area (Å²) in [4.78, 5) is 9.98. The number of guanidine groups is 1. The largest absolute Gasteiger partial charge is 0.416 e. The molecule has 6 nitrogen and oxygen atoms in total. The minimum Gasteiger partial charge on any atom is -0.347 e. The van der Waals surface area contributed by atoms with Crippen molar-refractivity contribution >= 4 is 5.96 Å². The van der Waals surface area contributed by atoms with Gasteiger partial charge in [-0.3, -0.25) is 4.99 Å². The average molecular weight is 341 g/mol. The van der Waals surface area contributed by atoms with E-state index < -0.39 is 11.7 Å². The fourth-order valence-corrected chi connectivity index (χ4v) is 2.10. The van der Waals surface area contributed by atoms with Crippen molar-refractivity contribution in [3.63, 3.8) is 0 Å². The van der Waals surface area contributed by atoms with Crippen LogP contribution in [0, 0.1) is 6.92 Å². The summed E-state index contributed by atoms with van der Waals surface area (Å²) < 4.78 is 42.7. The second kappa shape index (κ2) is 7.33. The van der Waals surface area contributed by atoms with E-state index in [1.807, 2.05) is 0 Å². The lowest BCUT2D eigenvalue weighted by Crippen LogP contribution is -2.38. The Balaban J connectivity index is 1.95. The number of aromatic nitrogens is 2. The first-order valence-electron chi connectivity index (χ1n) is 7.16. The monoisotopic (exact) mass is 341 g/mol. The summed E-state index contributed by atoms with van der Waals surface area (Å²) >= 11 is 0. The number of rotatable bonds is 4. The van der Waals surface area contributed by atoms with Gasteiger partial charge in [-0.1, -0.05) is 17.3 Å². The van der Waals surface area contributed by atoms with Gasteiger partial charge in [0.05, 0.1) is 12.1 Å². The smallest absolute Gasteiger partial charge is 0.347 e. The van der Waals surface area contributed by atoms with Crippen LogP contribution >= 0.6 is 0 Å². The van der Waals surface area contributed by atoms with Crippen LogP contribution in [-0.2, 0) is 19.3 Å². The quantitative estimate of drug-likeness (QED) is 0.684. The molecule has 130 valence electrons. The summed E-state index contributed by atoms with van der Waals surface area (Å²) in [7, 11) is 3.40. The molecule has 0 bridgehead atoms. The fourth-order valence-electron chi connectivity index (χ4n) is 2.10. The maximum Gasteiger partial charge on any atom is 0.416 e. The minimum atomic E-state index is -4.33. The van der Waals surface area contributed by atoms with E-state index >= 15 is 0 Å². The second-order valence-electron chi connectivity index (χ2n) is 5.19. The van der Waals surface area contributed by atoms with Crippen molar-refractivity contribution in [2.75, 3.05) is 14.1 Å². The molecule has 1 heterocycles. The third kappa shape index (κ3) is 4.71. The van der Waals surface area contributed by atoms with Crippen LogP contribution in [0.4, 0.5) is 13.2 Å². The summed E-state index contributed by atoms with van der Waals surface area (Å²) in [5, 5.41) is 6.74. The Labute approximate surface area is 137 Å². The van der Waals surface area contributed by atoms with Crippen molar-refractivity contribution in [1.29, 1.82) is 0 Å². The van der Waals surface area contributed by atoms with E-state index in [0.717, 1.165) is 17.7 Å². The van der Waals surface area contributed by atoms with E-state index in [2.05, 4.69) is 20.4 Å². The molecule has 1 aromatic carbocycles. The van der Waals surface area contributed by atoms with Gasteiger partial charge < -0.3 is 14.7 Å². The second-order valence-corrected chi connectivity index (χ2v) is 5.19. The van der Waals surface area contributed by atoms with Crippen LogP contribution in [0.25, 0.3) is 0 Å². The third-order valence-electron chi connectivity index (χ3n) is 3.24. The number of hydrogen-bond acceptors (Lipinski definition) is 4. The average Bonchev–Trinajstić information content (AvgIpc) is 2.93. The third-order valence-corrected chi connectivity index (χ3v) is 3.24. The topological polar surface area (TPSA) is 66.5 Å².